The van der Waals surface area contributed by atoms with Crippen LogP contribution in [0, 0.1) is 27.7 Å². The molecule has 0 saturated carbocycles. The quantitative estimate of drug-likeness (QED) is 0.488. The van der Waals surface area contributed by atoms with Crippen LogP contribution in [-0.4, -0.2) is 0 Å². The second-order valence-corrected chi connectivity index (χ2v) is 9.26. The van der Waals surface area contributed by atoms with Crippen molar-refractivity contribution >= 4 is 0 Å². The lowest BCUT2D eigenvalue weighted by molar-refractivity contribution is 0.793. The van der Waals surface area contributed by atoms with Crippen molar-refractivity contribution in [1.82, 2.24) is 0 Å². The predicted molar refractivity (Wildman–Crippen MR) is 130 cm³/mol. The highest BCUT2D eigenvalue weighted by Gasteiger charge is 2.22. The van der Waals surface area contributed by atoms with Crippen molar-refractivity contribution in [2.24, 2.45) is 0 Å². The average Bonchev–Trinajstić information content (AvgIpc) is 2.74. The maximum Gasteiger partial charge on any atom is 0.0302 e. The van der Waals surface area contributed by atoms with Crippen molar-refractivity contribution < 1.29 is 0 Å². The molecule has 0 spiro atoms. The van der Waals surface area contributed by atoms with Crippen molar-refractivity contribution in [3.63, 3.8) is 0 Å². The summed E-state index contributed by atoms with van der Waals surface area (Å²) in [4.78, 5) is 0. The van der Waals surface area contributed by atoms with Gasteiger partial charge in [-0.15, -0.1) is 0 Å². The minimum atomic E-state index is 0.337. The van der Waals surface area contributed by atoms with E-state index in [1.165, 1.54) is 68.5 Å². The molecule has 154 valence electrons. The van der Waals surface area contributed by atoms with Gasteiger partial charge in [0.15, 0.2) is 0 Å². The number of rotatable bonds is 4. The summed E-state index contributed by atoms with van der Waals surface area (Å²) in [7, 11) is 0. The second kappa shape index (κ2) is 8.64. The Labute approximate surface area is 182 Å². The van der Waals surface area contributed by atoms with Crippen LogP contribution < -0.4 is 0 Å². The normalized spacial score (nSPS) is 16.7. The summed E-state index contributed by atoms with van der Waals surface area (Å²) in [5.41, 5.74) is 14.4. The highest BCUT2D eigenvalue weighted by molar-refractivity contribution is 5.50. The fourth-order valence-corrected chi connectivity index (χ4v) is 4.68. The van der Waals surface area contributed by atoms with Gasteiger partial charge in [0.25, 0.3) is 0 Å². The Morgan fingerprint density at radius 1 is 0.533 bits per heavy atom. The van der Waals surface area contributed by atoms with Gasteiger partial charge in [0.2, 0.25) is 0 Å². The minimum Gasteiger partial charge on any atom is -0.0730 e. The summed E-state index contributed by atoms with van der Waals surface area (Å²) in [6.45, 7) is 11.1. The lowest BCUT2D eigenvalue weighted by Gasteiger charge is -2.27. The van der Waals surface area contributed by atoms with Crippen LogP contribution in [0.5, 0.6) is 0 Å². The largest absolute Gasteiger partial charge is 0.0730 e. The van der Waals surface area contributed by atoms with Gasteiger partial charge in [-0.3, -0.25) is 0 Å². The zero-order valence-corrected chi connectivity index (χ0v) is 19.2. The third-order valence-electron chi connectivity index (χ3n) is 7.05. The Balaban J connectivity index is 1.74. The molecule has 0 radical (unpaired) electrons. The Hall–Kier alpha value is -2.60. The van der Waals surface area contributed by atoms with Crippen LogP contribution in [0.2, 0.25) is 0 Å². The first kappa shape index (κ1) is 20.7. The van der Waals surface area contributed by atoms with E-state index in [9.17, 15) is 0 Å². The molecule has 4 rings (SSSR count). The molecule has 0 saturated heterocycles. The van der Waals surface area contributed by atoms with Gasteiger partial charge in [-0.2, -0.15) is 0 Å². The van der Waals surface area contributed by atoms with E-state index >= 15 is 0 Å². The molecule has 2 aromatic carbocycles. The van der Waals surface area contributed by atoms with Gasteiger partial charge in [-0.1, -0.05) is 71.8 Å². The van der Waals surface area contributed by atoms with E-state index in [1.807, 2.05) is 0 Å². The molecule has 0 N–H and O–H groups in total. The molecule has 0 fully saturated rings. The van der Waals surface area contributed by atoms with Crippen LogP contribution in [0.3, 0.4) is 0 Å². The summed E-state index contributed by atoms with van der Waals surface area (Å²) in [6, 6.07) is 14.0. The Morgan fingerprint density at radius 3 is 1.50 bits per heavy atom. The maximum atomic E-state index is 2.42. The highest BCUT2D eigenvalue weighted by atomic mass is 14.3. The number of aryl methyl sites for hydroxylation is 4. The van der Waals surface area contributed by atoms with E-state index in [1.54, 1.807) is 0 Å². The van der Waals surface area contributed by atoms with Crippen LogP contribution in [-0.2, 0) is 0 Å². The number of hydrogen-bond donors (Lipinski definition) is 0. The Morgan fingerprint density at radius 2 is 1.07 bits per heavy atom. The van der Waals surface area contributed by atoms with Crippen molar-refractivity contribution in [2.45, 2.75) is 66.2 Å². The molecular formula is C30H34. The van der Waals surface area contributed by atoms with Gasteiger partial charge < -0.3 is 0 Å². The van der Waals surface area contributed by atoms with E-state index in [0.717, 1.165) is 12.8 Å². The van der Waals surface area contributed by atoms with Crippen molar-refractivity contribution in [3.8, 4) is 0 Å². The van der Waals surface area contributed by atoms with Gasteiger partial charge in [0, 0.05) is 5.92 Å². The molecular weight excluding hydrogens is 360 g/mol. The zero-order valence-electron chi connectivity index (χ0n) is 19.2. The number of benzene rings is 2. The summed E-state index contributed by atoms with van der Waals surface area (Å²) < 4.78 is 0. The number of allylic oxidation sites excluding steroid dienone is 8. The monoisotopic (exact) mass is 394 g/mol. The Kier molecular flexibility index (Phi) is 5.95. The zero-order chi connectivity index (χ0) is 21.3. The number of hydrogen-bond acceptors (Lipinski definition) is 0. The molecule has 0 bridgehead atoms. The van der Waals surface area contributed by atoms with E-state index in [4.69, 9.17) is 0 Å². The van der Waals surface area contributed by atoms with Gasteiger partial charge in [0.05, 0.1) is 0 Å². The smallest absolute Gasteiger partial charge is 0.0302 e. The second-order valence-electron chi connectivity index (χ2n) is 9.26. The molecule has 2 aliphatic rings. The topological polar surface area (TPSA) is 0 Å². The fourth-order valence-electron chi connectivity index (χ4n) is 4.68. The van der Waals surface area contributed by atoms with E-state index in [2.05, 4.69) is 95.3 Å². The summed E-state index contributed by atoms with van der Waals surface area (Å²) in [6.07, 6.45) is 14.1. The molecule has 0 heteroatoms. The van der Waals surface area contributed by atoms with Crippen LogP contribution in [0.4, 0.5) is 0 Å². The maximum absolute atomic E-state index is 2.42. The third-order valence-corrected chi connectivity index (χ3v) is 7.05. The molecule has 2 aliphatic carbocycles. The molecule has 0 nitrogen and oxygen atoms in total. The summed E-state index contributed by atoms with van der Waals surface area (Å²) in [5.74, 6) is 0.337. The summed E-state index contributed by atoms with van der Waals surface area (Å²) in [5, 5.41) is 0. The third kappa shape index (κ3) is 4.29. The van der Waals surface area contributed by atoms with Gasteiger partial charge in [-0.05, 0) is 105 Å². The van der Waals surface area contributed by atoms with E-state index in [0.29, 0.717) is 5.92 Å². The molecule has 2 aromatic rings. The van der Waals surface area contributed by atoms with Gasteiger partial charge >= 0.3 is 0 Å². The minimum absolute atomic E-state index is 0.337. The lowest BCUT2D eigenvalue weighted by atomic mass is 9.78. The molecule has 30 heavy (non-hydrogen) atoms. The first-order valence-corrected chi connectivity index (χ1v) is 11.3. The van der Waals surface area contributed by atoms with Crippen LogP contribution in [0.15, 0.2) is 83.0 Å². The van der Waals surface area contributed by atoms with E-state index in [-0.39, 0.29) is 0 Å². The van der Waals surface area contributed by atoms with Crippen molar-refractivity contribution in [1.29, 1.82) is 0 Å². The molecule has 0 amide bonds. The molecule has 0 aliphatic heterocycles. The average molecular weight is 395 g/mol. The van der Waals surface area contributed by atoms with Crippen LogP contribution in [0.25, 0.3) is 0 Å². The summed E-state index contributed by atoms with van der Waals surface area (Å²) >= 11 is 0. The first-order valence-electron chi connectivity index (χ1n) is 11.3. The fraction of sp³-hybridized carbons (Fsp3) is 0.333. The van der Waals surface area contributed by atoms with E-state index < -0.39 is 0 Å². The highest BCUT2D eigenvalue weighted by Crippen LogP contribution is 2.40. The SMILES string of the molecule is CC1=CC=C(C2=CC=C(C(c3ccc(C)c(C)c3)c3ccc(C)c(C)c3)CC2)CC1. The first-order chi connectivity index (χ1) is 14.4. The van der Waals surface area contributed by atoms with Gasteiger partial charge in [-0.25, -0.2) is 0 Å². The van der Waals surface area contributed by atoms with Crippen LogP contribution >= 0.6 is 0 Å². The van der Waals surface area contributed by atoms with Gasteiger partial charge in [0.1, 0.15) is 0 Å². The molecule has 0 heterocycles. The molecule has 0 aromatic heterocycles. The predicted octanol–water partition coefficient (Wildman–Crippen LogP) is 8.37. The van der Waals surface area contributed by atoms with Crippen LogP contribution in [0.1, 0.15) is 71.9 Å². The van der Waals surface area contributed by atoms with Crippen molar-refractivity contribution in [2.75, 3.05) is 0 Å². The standard InChI is InChI=1S/C30H34/c1-20-6-10-25(11-7-20)26-14-16-27(17-15-26)30(28-12-8-21(2)23(4)18-28)29-13-9-22(3)24(5)19-29/h6,8-10,12-14,16,18-19,30H,7,11,15,17H2,1-5H3. The Bertz CT molecular complexity index is 1030. The van der Waals surface area contributed by atoms with Crippen molar-refractivity contribution in [3.05, 3.63) is 116 Å². The lowest BCUT2D eigenvalue weighted by Crippen LogP contribution is -2.09. The molecule has 0 unspecified atom stereocenters. The molecule has 0 atom stereocenters.